The number of hydrogen-bond acceptors (Lipinski definition) is 3. The van der Waals surface area contributed by atoms with Crippen LogP contribution in [0.1, 0.15) is 5.76 Å². The molecular formula is C19H20N2O. The molecule has 0 saturated carbocycles. The number of hydrogen-bond donors (Lipinski definition) is 0. The van der Waals surface area contributed by atoms with Crippen molar-refractivity contribution in [2.45, 2.75) is 6.54 Å². The molecule has 2 aromatic carbocycles. The summed E-state index contributed by atoms with van der Waals surface area (Å²) in [5.41, 5.74) is 2.31. The highest BCUT2D eigenvalue weighted by Gasteiger charge is 2.18. The van der Waals surface area contributed by atoms with Crippen LogP contribution in [0.2, 0.25) is 0 Å². The van der Waals surface area contributed by atoms with Gasteiger partial charge in [0.15, 0.2) is 0 Å². The molecule has 0 bridgehead atoms. The fourth-order valence-electron chi connectivity index (χ4n) is 3.14. The van der Waals surface area contributed by atoms with E-state index in [2.05, 4.69) is 58.3 Å². The van der Waals surface area contributed by atoms with Gasteiger partial charge in [-0.05, 0) is 24.3 Å². The highest BCUT2D eigenvalue weighted by atomic mass is 16.3. The number of anilines is 1. The molecule has 3 nitrogen and oxygen atoms in total. The normalized spacial score (nSPS) is 16.3. The molecule has 1 aliphatic heterocycles. The van der Waals surface area contributed by atoms with E-state index in [-0.39, 0.29) is 0 Å². The van der Waals surface area contributed by atoms with Crippen LogP contribution in [0, 0.1) is 0 Å². The molecule has 22 heavy (non-hydrogen) atoms. The van der Waals surface area contributed by atoms with Gasteiger partial charge in [-0.1, -0.05) is 36.4 Å². The standard InChI is InChI=1S/C19H20N2O/c1-2-7-17(8-3-1)21-12-10-20(11-13-21)15-18-14-16-6-4-5-9-19(16)22-18/h1-9,14H,10-13,15H2. The van der Waals surface area contributed by atoms with Crippen LogP contribution in [0.25, 0.3) is 11.0 Å². The van der Waals surface area contributed by atoms with Gasteiger partial charge in [0.2, 0.25) is 0 Å². The summed E-state index contributed by atoms with van der Waals surface area (Å²) in [6.07, 6.45) is 0. The van der Waals surface area contributed by atoms with Gasteiger partial charge in [0.1, 0.15) is 11.3 Å². The second kappa shape index (κ2) is 5.85. The minimum absolute atomic E-state index is 0.900. The number of furan rings is 1. The molecule has 4 rings (SSSR count). The third-order valence-corrected chi connectivity index (χ3v) is 4.35. The van der Waals surface area contributed by atoms with Crippen molar-refractivity contribution in [2.75, 3.05) is 31.1 Å². The average Bonchev–Trinajstić information content (AvgIpc) is 2.98. The van der Waals surface area contributed by atoms with Crippen LogP contribution in [0.15, 0.2) is 65.1 Å². The van der Waals surface area contributed by atoms with Crippen LogP contribution < -0.4 is 4.90 Å². The first-order valence-electron chi connectivity index (χ1n) is 7.88. The van der Waals surface area contributed by atoms with Crippen LogP contribution in [-0.2, 0) is 6.54 Å². The van der Waals surface area contributed by atoms with Gasteiger partial charge in [0.05, 0.1) is 6.54 Å². The first-order valence-corrected chi connectivity index (χ1v) is 7.88. The lowest BCUT2D eigenvalue weighted by molar-refractivity contribution is 0.233. The molecule has 0 N–H and O–H groups in total. The predicted molar refractivity (Wildman–Crippen MR) is 90.1 cm³/mol. The maximum Gasteiger partial charge on any atom is 0.134 e. The predicted octanol–water partition coefficient (Wildman–Crippen LogP) is 3.76. The summed E-state index contributed by atoms with van der Waals surface area (Å²) in [5, 5.41) is 1.19. The Bertz CT molecular complexity index is 709. The molecule has 112 valence electrons. The fourth-order valence-corrected chi connectivity index (χ4v) is 3.14. The molecule has 1 fully saturated rings. The second-order valence-electron chi connectivity index (χ2n) is 5.85. The van der Waals surface area contributed by atoms with E-state index in [0.717, 1.165) is 44.1 Å². The van der Waals surface area contributed by atoms with Gasteiger partial charge in [-0.25, -0.2) is 0 Å². The Kier molecular flexibility index (Phi) is 3.57. The van der Waals surface area contributed by atoms with Crippen molar-refractivity contribution in [3.05, 3.63) is 66.4 Å². The zero-order valence-corrected chi connectivity index (χ0v) is 12.6. The Morgan fingerprint density at radius 3 is 2.32 bits per heavy atom. The molecule has 3 heteroatoms. The molecule has 1 aliphatic rings. The summed E-state index contributed by atoms with van der Waals surface area (Å²) in [6.45, 7) is 5.20. The molecule has 3 aromatic rings. The fraction of sp³-hybridized carbons (Fsp3) is 0.263. The number of nitrogens with zero attached hydrogens (tertiary/aromatic N) is 2. The van der Waals surface area contributed by atoms with Crippen molar-refractivity contribution >= 4 is 16.7 Å². The largest absolute Gasteiger partial charge is 0.460 e. The third kappa shape index (κ3) is 2.72. The number of rotatable bonds is 3. The summed E-state index contributed by atoms with van der Waals surface area (Å²) in [5.74, 6) is 1.06. The Morgan fingerprint density at radius 2 is 1.55 bits per heavy atom. The lowest BCUT2D eigenvalue weighted by Crippen LogP contribution is -2.45. The molecule has 0 spiro atoms. The zero-order chi connectivity index (χ0) is 14.8. The van der Waals surface area contributed by atoms with E-state index in [1.54, 1.807) is 0 Å². The summed E-state index contributed by atoms with van der Waals surface area (Å²) in [7, 11) is 0. The SMILES string of the molecule is c1ccc(N2CCN(Cc3cc4ccccc4o3)CC2)cc1. The van der Waals surface area contributed by atoms with Gasteiger partial charge in [0, 0.05) is 37.3 Å². The van der Waals surface area contributed by atoms with Crippen molar-refractivity contribution in [3.63, 3.8) is 0 Å². The summed E-state index contributed by atoms with van der Waals surface area (Å²) < 4.78 is 5.93. The van der Waals surface area contributed by atoms with E-state index in [1.807, 2.05) is 12.1 Å². The lowest BCUT2D eigenvalue weighted by Gasteiger charge is -2.35. The Labute approximate surface area is 130 Å². The quantitative estimate of drug-likeness (QED) is 0.733. The number of fused-ring (bicyclic) bond motifs is 1. The van der Waals surface area contributed by atoms with Crippen LogP contribution in [0.5, 0.6) is 0 Å². The van der Waals surface area contributed by atoms with Crippen LogP contribution in [0.3, 0.4) is 0 Å². The van der Waals surface area contributed by atoms with Crippen molar-refractivity contribution in [3.8, 4) is 0 Å². The molecule has 2 heterocycles. The van der Waals surface area contributed by atoms with Gasteiger partial charge in [-0.15, -0.1) is 0 Å². The van der Waals surface area contributed by atoms with Crippen molar-refractivity contribution in [2.24, 2.45) is 0 Å². The molecule has 1 aromatic heterocycles. The average molecular weight is 292 g/mol. The highest BCUT2D eigenvalue weighted by molar-refractivity contribution is 5.77. The van der Waals surface area contributed by atoms with Gasteiger partial charge in [-0.2, -0.15) is 0 Å². The Morgan fingerprint density at radius 1 is 0.818 bits per heavy atom. The topological polar surface area (TPSA) is 19.6 Å². The maximum absolute atomic E-state index is 5.93. The van der Waals surface area contributed by atoms with Crippen LogP contribution in [-0.4, -0.2) is 31.1 Å². The Balaban J connectivity index is 1.39. The Hall–Kier alpha value is -2.26. The lowest BCUT2D eigenvalue weighted by atomic mass is 10.2. The van der Waals surface area contributed by atoms with Crippen LogP contribution in [0.4, 0.5) is 5.69 Å². The first-order chi connectivity index (χ1) is 10.9. The smallest absolute Gasteiger partial charge is 0.134 e. The summed E-state index contributed by atoms with van der Waals surface area (Å²) in [4.78, 5) is 4.92. The molecule has 0 atom stereocenters. The van der Waals surface area contributed by atoms with E-state index in [0.29, 0.717) is 0 Å². The van der Waals surface area contributed by atoms with Crippen molar-refractivity contribution < 1.29 is 4.42 Å². The van der Waals surface area contributed by atoms with Gasteiger partial charge < -0.3 is 9.32 Å². The van der Waals surface area contributed by atoms with E-state index in [4.69, 9.17) is 4.42 Å². The highest BCUT2D eigenvalue weighted by Crippen LogP contribution is 2.21. The van der Waals surface area contributed by atoms with E-state index in [9.17, 15) is 0 Å². The minimum Gasteiger partial charge on any atom is -0.460 e. The monoisotopic (exact) mass is 292 g/mol. The molecule has 0 amide bonds. The minimum atomic E-state index is 0.900. The zero-order valence-electron chi connectivity index (χ0n) is 12.6. The summed E-state index contributed by atoms with van der Waals surface area (Å²) in [6, 6.07) is 21.0. The maximum atomic E-state index is 5.93. The molecule has 0 unspecified atom stereocenters. The third-order valence-electron chi connectivity index (χ3n) is 4.35. The van der Waals surface area contributed by atoms with Gasteiger partial charge in [-0.3, -0.25) is 4.90 Å². The molecule has 1 saturated heterocycles. The van der Waals surface area contributed by atoms with E-state index >= 15 is 0 Å². The summed E-state index contributed by atoms with van der Waals surface area (Å²) >= 11 is 0. The number of para-hydroxylation sites is 2. The molecule has 0 radical (unpaired) electrons. The molecule has 0 aliphatic carbocycles. The van der Waals surface area contributed by atoms with Crippen LogP contribution >= 0.6 is 0 Å². The van der Waals surface area contributed by atoms with Crippen molar-refractivity contribution in [1.82, 2.24) is 4.90 Å². The van der Waals surface area contributed by atoms with Crippen molar-refractivity contribution in [1.29, 1.82) is 0 Å². The van der Waals surface area contributed by atoms with E-state index in [1.165, 1.54) is 11.1 Å². The first kappa shape index (κ1) is 13.4. The van der Waals surface area contributed by atoms with Gasteiger partial charge in [0.25, 0.3) is 0 Å². The van der Waals surface area contributed by atoms with E-state index < -0.39 is 0 Å². The second-order valence-corrected chi connectivity index (χ2v) is 5.85. The molecular weight excluding hydrogens is 272 g/mol. The van der Waals surface area contributed by atoms with Gasteiger partial charge >= 0.3 is 0 Å². The number of piperazine rings is 1. The number of benzene rings is 2.